The predicted octanol–water partition coefficient (Wildman–Crippen LogP) is 2.45. The molecule has 2 heterocycles. The third kappa shape index (κ3) is 1.78. The zero-order chi connectivity index (χ0) is 11.8. The summed E-state index contributed by atoms with van der Waals surface area (Å²) >= 11 is 3.37. The van der Waals surface area contributed by atoms with Crippen molar-refractivity contribution in [2.24, 2.45) is 0 Å². The standard InChI is InChI=1S/C12H8BrN3O/c13-9-5-3-8(4-6-9)11-14-12(17)10-2-1-7-16(10)15-11/h1-7H,(H,14,15,17). The quantitative estimate of drug-likeness (QED) is 0.748. The van der Waals surface area contributed by atoms with Crippen LogP contribution in [0.5, 0.6) is 0 Å². The Bertz CT molecular complexity index is 727. The average Bonchev–Trinajstić information content (AvgIpc) is 2.78. The lowest BCUT2D eigenvalue weighted by Crippen LogP contribution is -2.12. The molecule has 0 unspecified atom stereocenters. The predicted molar refractivity (Wildman–Crippen MR) is 68.9 cm³/mol. The van der Waals surface area contributed by atoms with Crippen molar-refractivity contribution < 1.29 is 0 Å². The number of nitrogens with one attached hydrogen (secondary N) is 1. The summed E-state index contributed by atoms with van der Waals surface area (Å²) in [7, 11) is 0. The molecule has 1 N–H and O–H groups in total. The van der Waals surface area contributed by atoms with E-state index in [-0.39, 0.29) is 5.56 Å². The molecule has 0 aliphatic heterocycles. The SMILES string of the molecule is O=c1[nH]c(-c2ccc(Br)cc2)nn2cccc12. The van der Waals surface area contributed by atoms with Gasteiger partial charge in [0, 0.05) is 16.2 Å². The van der Waals surface area contributed by atoms with Crippen LogP contribution in [-0.2, 0) is 0 Å². The molecular formula is C12H8BrN3O. The minimum Gasteiger partial charge on any atom is -0.303 e. The van der Waals surface area contributed by atoms with E-state index in [4.69, 9.17) is 0 Å². The zero-order valence-corrected chi connectivity index (χ0v) is 10.3. The maximum absolute atomic E-state index is 11.8. The molecular weight excluding hydrogens is 282 g/mol. The number of nitrogens with zero attached hydrogens (tertiary/aromatic N) is 2. The van der Waals surface area contributed by atoms with Crippen molar-refractivity contribution in [3.63, 3.8) is 0 Å². The van der Waals surface area contributed by atoms with Gasteiger partial charge in [-0.25, -0.2) is 4.52 Å². The Morgan fingerprint density at radius 2 is 1.94 bits per heavy atom. The van der Waals surface area contributed by atoms with Crippen LogP contribution in [0.25, 0.3) is 16.9 Å². The number of hydrogen-bond acceptors (Lipinski definition) is 2. The molecule has 3 rings (SSSR count). The zero-order valence-electron chi connectivity index (χ0n) is 8.72. The third-order valence-electron chi connectivity index (χ3n) is 2.52. The second-order valence-electron chi connectivity index (χ2n) is 3.65. The minimum absolute atomic E-state index is 0.136. The Kier molecular flexibility index (Phi) is 2.33. The molecule has 1 aromatic carbocycles. The van der Waals surface area contributed by atoms with E-state index < -0.39 is 0 Å². The molecule has 84 valence electrons. The van der Waals surface area contributed by atoms with E-state index in [0.29, 0.717) is 11.3 Å². The van der Waals surface area contributed by atoms with E-state index in [2.05, 4.69) is 26.0 Å². The van der Waals surface area contributed by atoms with Crippen molar-refractivity contribution in [2.75, 3.05) is 0 Å². The molecule has 4 nitrogen and oxygen atoms in total. The number of rotatable bonds is 1. The summed E-state index contributed by atoms with van der Waals surface area (Å²) in [5, 5.41) is 4.34. The van der Waals surface area contributed by atoms with Crippen molar-refractivity contribution >= 4 is 21.4 Å². The molecule has 0 bridgehead atoms. The summed E-state index contributed by atoms with van der Waals surface area (Å²) in [4.78, 5) is 14.5. The summed E-state index contributed by atoms with van der Waals surface area (Å²) in [6, 6.07) is 11.2. The van der Waals surface area contributed by atoms with Gasteiger partial charge < -0.3 is 4.98 Å². The van der Waals surface area contributed by atoms with E-state index in [0.717, 1.165) is 10.0 Å². The van der Waals surface area contributed by atoms with Gasteiger partial charge in [0.05, 0.1) is 0 Å². The van der Waals surface area contributed by atoms with Crippen LogP contribution < -0.4 is 5.56 Å². The van der Waals surface area contributed by atoms with Crippen LogP contribution in [0.15, 0.2) is 51.9 Å². The van der Waals surface area contributed by atoms with Crippen molar-refractivity contribution in [2.45, 2.75) is 0 Å². The molecule has 2 aromatic heterocycles. The van der Waals surface area contributed by atoms with Crippen molar-refractivity contribution in [3.8, 4) is 11.4 Å². The molecule has 0 saturated carbocycles. The lowest BCUT2D eigenvalue weighted by Gasteiger charge is -2.01. The first-order valence-electron chi connectivity index (χ1n) is 5.08. The molecule has 0 spiro atoms. The van der Waals surface area contributed by atoms with Crippen LogP contribution in [0.1, 0.15) is 0 Å². The van der Waals surface area contributed by atoms with Crippen LogP contribution in [0, 0.1) is 0 Å². The molecule has 17 heavy (non-hydrogen) atoms. The Balaban J connectivity index is 2.23. The summed E-state index contributed by atoms with van der Waals surface area (Å²) in [5.74, 6) is 0.561. The van der Waals surface area contributed by atoms with Gasteiger partial charge in [0.1, 0.15) is 5.52 Å². The van der Waals surface area contributed by atoms with Crippen molar-refractivity contribution in [1.82, 2.24) is 14.6 Å². The number of aromatic amines is 1. The van der Waals surface area contributed by atoms with Crippen LogP contribution in [-0.4, -0.2) is 14.6 Å². The highest BCUT2D eigenvalue weighted by molar-refractivity contribution is 9.10. The van der Waals surface area contributed by atoms with Gasteiger partial charge in [0.15, 0.2) is 5.82 Å². The normalized spacial score (nSPS) is 10.9. The van der Waals surface area contributed by atoms with E-state index in [1.54, 1.807) is 22.8 Å². The van der Waals surface area contributed by atoms with Gasteiger partial charge in [-0.2, -0.15) is 0 Å². The maximum atomic E-state index is 11.8. The molecule has 0 aliphatic rings. The van der Waals surface area contributed by atoms with E-state index in [1.165, 1.54) is 0 Å². The number of benzene rings is 1. The summed E-state index contributed by atoms with van der Waals surface area (Å²) in [6.07, 6.45) is 1.76. The smallest absolute Gasteiger partial charge is 0.275 e. The Morgan fingerprint density at radius 3 is 2.71 bits per heavy atom. The highest BCUT2D eigenvalue weighted by atomic mass is 79.9. The molecule has 0 saturated heterocycles. The number of fused-ring (bicyclic) bond motifs is 1. The lowest BCUT2D eigenvalue weighted by molar-refractivity contribution is 0.899. The topological polar surface area (TPSA) is 50.2 Å². The van der Waals surface area contributed by atoms with Gasteiger partial charge in [-0.1, -0.05) is 28.1 Å². The van der Waals surface area contributed by atoms with Crippen LogP contribution in [0.4, 0.5) is 0 Å². The largest absolute Gasteiger partial charge is 0.303 e. The van der Waals surface area contributed by atoms with Crippen LogP contribution in [0.3, 0.4) is 0 Å². The third-order valence-corrected chi connectivity index (χ3v) is 3.05. The molecule has 3 aromatic rings. The Hall–Kier alpha value is -1.88. The van der Waals surface area contributed by atoms with E-state index in [1.807, 2.05) is 24.3 Å². The lowest BCUT2D eigenvalue weighted by atomic mass is 10.2. The fourth-order valence-electron chi connectivity index (χ4n) is 1.68. The second-order valence-corrected chi connectivity index (χ2v) is 4.56. The van der Waals surface area contributed by atoms with Crippen LogP contribution >= 0.6 is 15.9 Å². The van der Waals surface area contributed by atoms with E-state index >= 15 is 0 Å². The molecule has 5 heteroatoms. The second kappa shape index (κ2) is 3.85. The Morgan fingerprint density at radius 1 is 1.18 bits per heavy atom. The molecule has 0 atom stereocenters. The average molecular weight is 290 g/mol. The fourth-order valence-corrected chi connectivity index (χ4v) is 1.95. The molecule has 0 amide bonds. The van der Waals surface area contributed by atoms with Crippen molar-refractivity contribution in [1.29, 1.82) is 0 Å². The van der Waals surface area contributed by atoms with E-state index in [9.17, 15) is 4.79 Å². The van der Waals surface area contributed by atoms with Gasteiger partial charge in [-0.3, -0.25) is 4.79 Å². The van der Waals surface area contributed by atoms with Gasteiger partial charge in [0.25, 0.3) is 5.56 Å². The Labute approximate surface area is 105 Å². The van der Waals surface area contributed by atoms with Crippen LogP contribution in [0.2, 0.25) is 0 Å². The number of aromatic nitrogens is 3. The molecule has 0 fully saturated rings. The molecule has 0 radical (unpaired) electrons. The first-order chi connectivity index (χ1) is 8.24. The minimum atomic E-state index is -0.136. The van der Waals surface area contributed by atoms with Gasteiger partial charge >= 0.3 is 0 Å². The highest BCUT2D eigenvalue weighted by Crippen LogP contribution is 2.17. The number of hydrogen-bond donors (Lipinski definition) is 1. The van der Waals surface area contributed by atoms with Crippen molar-refractivity contribution in [3.05, 3.63) is 57.4 Å². The summed E-state index contributed by atoms with van der Waals surface area (Å²) in [5.41, 5.74) is 1.29. The molecule has 0 aliphatic carbocycles. The first kappa shape index (κ1) is 10.3. The number of H-pyrrole nitrogens is 1. The monoisotopic (exact) mass is 289 g/mol. The summed E-state index contributed by atoms with van der Waals surface area (Å²) in [6.45, 7) is 0. The first-order valence-corrected chi connectivity index (χ1v) is 5.87. The number of halogens is 1. The maximum Gasteiger partial charge on any atom is 0.275 e. The summed E-state index contributed by atoms with van der Waals surface area (Å²) < 4.78 is 2.57. The van der Waals surface area contributed by atoms with Gasteiger partial charge in [-0.05, 0) is 24.3 Å². The highest BCUT2D eigenvalue weighted by Gasteiger charge is 2.04. The fraction of sp³-hybridized carbons (Fsp3) is 0. The van der Waals surface area contributed by atoms with Gasteiger partial charge in [0.2, 0.25) is 0 Å². The van der Waals surface area contributed by atoms with Gasteiger partial charge in [-0.15, -0.1) is 5.10 Å².